The molecule has 2 nitrogen and oxygen atoms in total. The van der Waals surface area contributed by atoms with Gasteiger partial charge in [-0.1, -0.05) is 65.5 Å². The predicted molar refractivity (Wildman–Crippen MR) is 144 cm³/mol. The van der Waals surface area contributed by atoms with Gasteiger partial charge in [-0.3, -0.25) is 0 Å². The standard InChI is InChI=1S/C30H48N2/c1-5-9-13-23-21-29(31)27(15-11-7-3)19-25(23)17-18-26-20-28(16-12-8-4)30(32)22-24(26)14-10-6-2/h19-22H,5-18,31-32H2,1-4H3. The van der Waals surface area contributed by atoms with Gasteiger partial charge >= 0.3 is 0 Å². The lowest BCUT2D eigenvalue weighted by molar-refractivity contribution is 0.765. The number of anilines is 2. The average Bonchev–Trinajstić information content (AvgIpc) is 2.79. The van der Waals surface area contributed by atoms with Crippen molar-refractivity contribution in [3.8, 4) is 0 Å². The Morgan fingerprint density at radius 2 is 0.688 bits per heavy atom. The number of aryl methyl sites for hydroxylation is 6. The second kappa shape index (κ2) is 14.2. The van der Waals surface area contributed by atoms with Crippen LogP contribution >= 0.6 is 0 Å². The summed E-state index contributed by atoms with van der Waals surface area (Å²) >= 11 is 0. The van der Waals surface area contributed by atoms with Crippen molar-refractivity contribution in [2.45, 2.75) is 118 Å². The van der Waals surface area contributed by atoms with Gasteiger partial charge in [-0.25, -0.2) is 0 Å². The Kier molecular flexibility index (Phi) is 11.7. The fourth-order valence-electron chi connectivity index (χ4n) is 4.62. The molecule has 2 heteroatoms. The molecule has 0 aliphatic carbocycles. The maximum absolute atomic E-state index is 6.46. The smallest absolute Gasteiger partial charge is 0.0349 e. The van der Waals surface area contributed by atoms with E-state index in [4.69, 9.17) is 11.5 Å². The molecule has 4 N–H and O–H groups in total. The lowest BCUT2D eigenvalue weighted by Crippen LogP contribution is -2.06. The van der Waals surface area contributed by atoms with Gasteiger partial charge in [-0.2, -0.15) is 0 Å². The number of unbranched alkanes of at least 4 members (excludes halogenated alkanes) is 4. The van der Waals surface area contributed by atoms with Crippen LogP contribution in [0, 0.1) is 0 Å². The molecule has 2 rings (SSSR count). The molecule has 0 heterocycles. The quantitative estimate of drug-likeness (QED) is 0.278. The number of rotatable bonds is 15. The molecule has 0 amide bonds. The Balaban J connectivity index is 2.32. The van der Waals surface area contributed by atoms with Gasteiger partial charge in [0.1, 0.15) is 0 Å². The summed E-state index contributed by atoms with van der Waals surface area (Å²) in [5, 5.41) is 0. The first-order valence-electron chi connectivity index (χ1n) is 13.3. The maximum Gasteiger partial charge on any atom is 0.0349 e. The van der Waals surface area contributed by atoms with Crippen molar-refractivity contribution < 1.29 is 0 Å². The Bertz CT molecular complexity index is 753. The van der Waals surface area contributed by atoms with Crippen LogP contribution in [-0.2, 0) is 38.5 Å². The molecule has 0 aliphatic heterocycles. The molecule has 0 unspecified atom stereocenters. The Hall–Kier alpha value is -1.96. The van der Waals surface area contributed by atoms with Gasteiger partial charge in [-0.05, 0) is 110 Å². The van der Waals surface area contributed by atoms with Crippen molar-refractivity contribution >= 4 is 11.4 Å². The summed E-state index contributed by atoms with van der Waals surface area (Å²) in [4.78, 5) is 0. The summed E-state index contributed by atoms with van der Waals surface area (Å²) in [6.45, 7) is 9.04. The van der Waals surface area contributed by atoms with Crippen molar-refractivity contribution in [3.05, 3.63) is 57.6 Å². The van der Waals surface area contributed by atoms with Crippen LogP contribution in [0.1, 0.15) is 112 Å². The first-order valence-corrected chi connectivity index (χ1v) is 13.3. The SMILES string of the molecule is CCCCc1cc(CCc2cc(CCCC)c(N)cc2CCCC)c(CCCC)cc1N. The van der Waals surface area contributed by atoms with Gasteiger partial charge in [0.25, 0.3) is 0 Å². The number of hydrogen-bond donors (Lipinski definition) is 2. The van der Waals surface area contributed by atoms with E-state index in [1.54, 1.807) is 0 Å². The third-order valence-electron chi connectivity index (χ3n) is 6.79. The van der Waals surface area contributed by atoms with Crippen LogP contribution in [0.4, 0.5) is 11.4 Å². The zero-order valence-corrected chi connectivity index (χ0v) is 21.4. The van der Waals surface area contributed by atoms with Gasteiger partial charge in [0.15, 0.2) is 0 Å². The van der Waals surface area contributed by atoms with Crippen LogP contribution in [0.3, 0.4) is 0 Å². The average molecular weight is 437 g/mol. The van der Waals surface area contributed by atoms with E-state index in [1.165, 1.54) is 84.7 Å². The summed E-state index contributed by atoms with van der Waals surface area (Å²) in [6.07, 6.45) is 16.4. The predicted octanol–water partition coefficient (Wildman–Crippen LogP) is 8.01. The highest BCUT2D eigenvalue weighted by atomic mass is 14.6. The van der Waals surface area contributed by atoms with Crippen LogP contribution < -0.4 is 11.5 Å². The van der Waals surface area contributed by atoms with E-state index in [9.17, 15) is 0 Å². The first-order chi connectivity index (χ1) is 15.5. The molecule has 0 bridgehead atoms. The molecule has 2 aromatic rings. The highest BCUT2D eigenvalue weighted by Gasteiger charge is 2.12. The normalized spacial score (nSPS) is 11.2. The van der Waals surface area contributed by atoms with E-state index < -0.39 is 0 Å². The fraction of sp³-hybridized carbons (Fsp3) is 0.600. The zero-order chi connectivity index (χ0) is 23.3. The molecule has 0 saturated carbocycles. The maximum atomic E-state index is 6.46. The first kappa shape index (κ1) is 26.3. The van der Waals surface area contributed by atoms with Crippen LogP contribution in [0.15, 0.2) is 24.3 Å². The van der Waals surface area contributed by atoms with Crippen molar-refractivity contribution in [2.75, 3.05) is 11.5 Å². The van der Waals surface area contributed by atoms with Crippen LogP contribution in [0.25, 0.3) is 0 Å². The molecule has 0 spiro atoms. The molecule has 0 saturated heterocycles. The molecule has 0 fully saturated rings. The van der Waals surface area contributed by atoms with Crippen molar-refractivity contribution in [2.24, 2.45) is 0 Å². The summed E-state index contributed by atoms with van der Waals surface area (Å²) < 4.78 is 0. The lowest BCUT2D eigenvalue weighted by Gasteiger charge is -2.17. The Labute approximate surface area is 198 Å². The Morgan fingerprint density at radius 1 is 0.406 bits per heavy atom. The van der Waals surface area contributed by atoms with E-state index in [2.05, 4.69) is 52.0 Å². The lowest BCUT2D eigenvalue weighted by atomic mass is 9.89. The van der Waals surface area contributed by atoms with Crippen molar-refractivity contribution in [3.63, 3.8) is 0 Å². The number of nitrogen functional groups attached to an aromatic ring is 2. The van der Waals surface area contributed by atoms with Gasteiger partial charge in [0, 0.05) is 11.4 Å². The molecular formula is C30H48N2. The molecule has 2 aromatic carbocycles. The van der Waals surface area contributed by atoms with Crippen molar-refractivity contribution in [1.29, 1.82) is 0 Å². The third kappa shape index (κ3) is 7.87. The zero-order valence-electron chi connectivity index (χ0n) is 21.4. The summed E-state index contributed by atoms with van der Waals surface area (Å²) in [5.74, 6) is 0. The van der Waals surface area contributed by atoms with Gasteiger partial charge < -0.3 is 11.5 Å². The van der Waals surface area contributed by atoms with Gasteiger partial charge in [-0.15, -0.1) is 0 Å². The van der Waals surface area contributed by atoms with E-state index in [0.29, 0.717) is 0 Å². The second-order valence-electron chi connectivity index (χ2n) is 9.55. The largest absolute Gasteiger partial charge is 0.398 e. The monoisotopic (exact) mass is 436 g/mol. The molecule has 32 heavy (non-hydrogen) atoms. The summed E-state index contributed by atoms with van der Waals surface area (Å²) in [6, 6.07) is 9.42. The molecule has 178 valence electrons. The fourth-order valence-corrected chi connectivity index (χ4v) is 4.62. The van der Waals surface area contributed by atoms with E-state index in [0.717, 1.165) is 49.9 Å². The number of hydrogen-bond acceptors (Lipinski definition) is 2. The van der Waals surface area contributed by atoms with E-state index >= 15 is 0 Å². The minimum atomic E-state index is 0.992. The van der Waals surface area contributed by atoms with Gasteiger partial charge in [0.05, 0.1) is 0 Å². The molecule has 0 atom stereocenters. The van der Waals surface area contributed by atoms with Crippen LogP contribution in [0.5, 0.6) is 0 Å². The van der Waals surface area contributed by atoms with Crippen LogP contribution in [-0.4, -0.2) is 0 Å². The molecule has 0 aliphatic rings. The molecule has 0 aromatic heterocycles. The second-order valence-corrected chi connectivity index (χ2v) is 9.55. The third-order valence-corrected chi connectivity index (χ3v) is 6.79. The number of benzene rings is 2. The van der Waals surface area contributed by atoms with E-state index in [1.807, 2.05) is 0 Å². The summed E-state index contributed by atoms with van der Waals surface area (Å²) in [5.41, 5.74) is 23.5. The topological polar surface area (TPSA) is 52.0 Å². The van der Waals surface area contributed by atoms with E-state index in [-0.39, 0.29) is 0 Å². The molecule has 0 radical (unpaired) electrons. The Morgan fingerprint density at radius 3 is 1.00 bits per heavy atom. The van der Waals surface area contributed by atoms with Crippen LogP contribution in [0.2, 0.25) is 0 Å². The minimum absolute atomic E-state index is 0.992. The van der Waals surface area contributed by atoms with Gasteiger partial charge in [0.2, 0.25) is 0 Å². The molecular weight excluding hydrogens is 388 g/mol. The van der Waals surface area contributed by atoms with Crippen molar-refractivity contribution in [1.82, 2.24) is 0 Å². The minimum Gasteiger partial charge on any atom is -0.398 e. The highest BCUT2D eigenvalue weighted by molar-refractivity contribution is 5.54. The highest BCUT2D eigenvalue weighted by Crippen LogP contribution is 2.27. The number of nitrogens with two attached hydrogens (primary N) is 2. The summed E-state index contributed by atoms with van der Waals surface area (Å²) in [7, 11) is 0.